The van der Waals surface area contributed by atoms with Gasteiger partial charge in [0.15, 0.2) is 0 Å². The molecule has 0 aliphatic heterocycles. The van der Waals surface area contributed by atoms with E-state index in [0.29, 0.717) is 16.9 Å². The molecule has 0 aliphatic carbocycles. The molecule has 4 nitrogen and oxygen atoms in total. The van der Waals surface area contributed by atoms with E-state index in [1.165, 1.54) is 11.8 Å². The maximum absolute atomic E-state index is 12.3. The van der Waals surface area contributed by atoms with Gasteiger partial charge in [-0.15, -0.1) is 0 Å². The van der Waals surface area contributed by atoms with Gasteiger partial charge in [-0.1, -0.05) is 29.8 Å². The van der Waals surface area contributed by atoms with E-state index in [1.54, 1.807) is 31.3 Å². The van der Waals surface area contributed by atoms with Crippen LogP contribution in [0.25, 0.3) is 0 Å². The summed E-state index contributed by atoms with van der Waals surface area (Å²) in [7, 11) is 1.68. The smallest absolute Gasteiger partial charge is 0.255 e. The Bertz CT molecular complexity index is 663. The molecule has 0 atom stereocenters. The fourth-order valence-electron chi connectivity index (χ4n) is 1.94. The van der Waals surface area contributed by atoms with Crippen molar-refractivity contribution in [3.05, 3.63) is 59.7 Å². The summed E-state index contributed by atoms with van der Waals surface area (Å²) in [5.74, 6) is -0.286. The first kappa shape index (κ1) is 14.8. The summed E-state index contributed by atoms with van der Waals surface area (Å²) in [4.78, 5) is 25.3. The van der Waals surface area contributed by atoms with E-state index < -0.39 is 0 Å². The number of nitrogens with zero attached hydrogens (tertiary/aromatic N) is 1. The molecule has 0 heterocycles. The number of para-hydroxylation sites is 2. The number of rotatable bonds is 3. The maximum atomic E-state index is 12.3. The topological polar surface area (TPSA) is 49.4 Å². The summed E-state index contributed by atoms with van der Waals surface area (Å²) < 4.78 is 0. The van der Waals surface area contributed by atoms with E-state index >= 15 is 0 Å². The molecule has 0 aliphatic rings. The molecule has 0 radical (unpaired) electrons. The molecule has 1 N–H and O–H groups in total. The highest BCUT2D eigenvalue weighted by molar-refractivity contribution is 6.07. The van der Waals surface area contributed by atoms with E-state index in [2.05, 4.69) is 5.32 Å². The third-order valence-corrected chi connectivity index (χ3v) is 3.30. The Labute approximate surface area is 124 Å². The number of carbonyl (C=O) groups excluding carboxylic acids is 2. The Morgan fingerprint density at radius 2 is 1.62 bits per heavy atom. The summed E-state index contributed by atoms with van der Waals surface area (Å²) in [6.45, 7) is 3.46. The minimum atomic E-state index is -0.195. The van der Waals surface area contributed by atoms with Gasteiger partial charge >= 0.3 is 0 Å². The number of hydrogen-bond donors (Lipinski definition) is 1. The Balaban J connectivity index is 2.25. The van der Waals surface area contributed by atoms with Crippen LogP contribution in [0.3, 0.4) is 0 Å². The van der Waals surface area contributed by atoms with Crippen LogP contribution in [-0.4, -0.2) is 18.9 Å². The normalized spacial score (nSPS) is 10.0. The van der Waals surface area contributed by atoms with Gasteiger partial charge in [0.05, 0.1) is 11.4 Å². The van der Waals surface area contributed by atoms with E-state index in [4.69, 9.17) is 0 Å². The third kappa shape index (κ3) is 3.48. The van der Waals surface area contributed by atoms with Crippen LogP contribution in [0.15, 0.2) is 48.5 Å². The predicted octanol–water partition coefficient (Wildman–Crippen LogP) is 3.23. The van der Waals surface area contributed by atoms with Gasteiger partial charge in [0, 0.05) is 19.5 Å². The zero-order valence-electron chi connectivity index (χ0n) is 12.4. The Kier molecular flexibility index (Phi) is 4.38. The average molecular weight is 282 g/mol. The molecule has 2 aromatic rings. The van der Waals surface area contributed by atoms with Crippen LogP contribution >= 0.6 is 0 Å². The van der Waals surface area contributed by atoms with Gasteiger partial charge in [0.25, 0.3) is 5.91 Å². The molecule has 2 amide bonds. The Morgan fingerprint density at radius 1 is 1.00 bits per heavy atom. The lowest BCUT2D eigenvalue weighted by molar-refractivity contribution is -0.116. The van der Waals surface area contributed by atoms with Gasteiger partial charge in [0.1, 0.15) is 0 Å². The van der Waals surface area contributed by atoms with Gasteiger partial charge in [0.2, 0.25) is 5.91 Å². The van der Waals surface area contributed by atoms with E-state index in [-0.39, 0.29) is 11.8 Å². The lowest BCUT2D eigenvalue weighted by atomic mass is 10.1. The van der Waals surface area contributed by atoms with Crippen molar-refractivity contribution in [2.45, 2.75) is 13.8 Å². The van der Waals surface area contributed by atoms with Crippen LogP contribution < -0.4 is 10.2 Å². The predicted molar refractivity (Wildman–Crippen MR) is 84.7 cm³/mol. The van der Waals surface area contributed by atoms with Gasteiger partial charge in [-0.2, -0.15) is 0 Å². The Hall–Kier alpha value is -2.62. The maximum Gasteiger partial charge on any atom is 0.255 e. The number of hydrogen-bond acceptors (Lipinski definition) is 2. The molecule has 108 valence electrons. The van der Waals surface area contributed by atoms with Gasteiger partial charge < -0.3 is 10.2 Å². The number of amides is 2. The number of anilines is 2. The monoisotopic (exact) mass is 282 g/mol. The zero-order chi connectivity index (χ0) is 15.4. The second kappa shape index (κ2) is 6.22. The molecule has 0 bridgehead atoms. The highest BCUT2D eigenvalue weighted by Gasteiger charge is 2.13. The lowest BCUT2D eigenvalue weighted by Gasteiger charge is -2.19. The molecule has 0 unspecified atom stereocenters. The molecule has 2 rings (SSSR count). The summed E-state index contributed by atoms with van der Waals surface area (Å²) >= 11 is 0. The van der Waals surface area contributed by atoms with Gasteiger partial charge in [-0.25, -0.2) is 0 Å². The fraction of sp³-hybridized carbons (Fsp3) is 0.176. The Morgan fingerprint density at radius 3 is 2.24 bits per heavy atom. The van der Waals surface area contributed by atoms with E-state index in [9.17, 15) is 9.59 Å². The summed E-state index contributed by atoms with van der Waals surface area (Å²) in [6.07, 6.45) is 0. The average Bonchev–Trinajstić information content (AvgIpc) is 2.47. The number of nitrogens with one attached hydrogen (secondary N) is 1. The van der Waals surface area contributed by atoms with Crippen molar-refractivity contribution in [2.75, 3.05) is 17.3 Å². The first-order valence-electron chi connectivity index (χ1n) is 6.70. The number of benzene rings is 2. The molecule has 0 saturated carbocycles. The SMILES string of the molecule is CC(=O)N(C)c1ccccc1NC(=O)c1ccc(C)cc1. The highest BCUT2D eigenvalue weighted by atomic mass is 16.2. The fourth-order valence-corrected chi connectivity index (χ4v) is 1.94. The molecule has 0 saturated heterocycles. The van der Waals surface area contributed by atoms with E-state index in [0.717, 1.165) is 5.56 Å². The van der Waals surface area contributed by atoms with Crippen LogP contribution in [0.1, 0.15) is 22.8 Å². The van der Waals surface area contributed by atoms with Crippen LogP contribution in [0.2, 0.25) is 0 Å². The van der Waals surface area contributed by atoms with Crippen molar-refractivity contribution < 1.29 is 9.59 Å². The lowest BCUT2D eigenvalue weighted by Crippen LogP contribution is -2.24. The van der Waals surface area contributed by atoms with Crippen molar-refractivity contribution in [3.8, 4) is 0 Å². The molecule has 0 spiro atoms. The van der Waals surface area contributed by atoms with Crippen molar-refractivity contribution in [2.24, 2.45) is 0 Å². The minimum absolute atomic E-state index is 0.0907. The van der Waals surface area contributed by atoms with Crippen molar-refractivity contribution in [1.29, 1.82) is 0 Å². The molecular weight excluding hydrogens is 264 g/mol. The summed E-state index contributed by atoms with van der Waals surface area (Å²) in [5.41, 5.74) is 2.97. The summed E-state index contributed by atoms with van der Waals surface area (Å²) in [6, 6.07) is 14.6. The molecule has 0 aromatic heterocycles. The number of carbonyl (C=O) groups is 2. The third-order valence-electron chi connectivity index (χ3n) is 3.30. The zero-order valence-corrected chi connectivity index (χ0v) is 12.4. The molecular formula is C17H18N2O2. The largest absolute Gasteiger partial charge is 0.320 e. The van der Waals surface area contributed by atoms with E-state index in [1.807, 2.05) is 31.2 Å². The van der Waals surface area contributed by atoms with Crippen LogP contribution in [0.5, 0.6) is 0 Å². The molecule has 2 aromatic carbocycles. The van der Waals surface area contributed by atoms with Crippen LogP contribution in [0.4, 0.5) is 11.4 Å². The minimum Gasteiger partial charge on any atom is -0.320 e. The highest BCUT2D eigenvalue weighted by Crippen LogP contribution is 2.25. The second-order valence-corrected chi connectivity index (χ2v) is 4.92. The molecule has 21 heavy (non-hydrogen) atoms. The quantitative estimate of drug-likeness (QED) is 0.939. The summed E-state index contributed by atoms with van der Waals surface area (Å²) in [5, 5.41) is 2.85. The molecule has 4 heteroatoms. The van der Waals surface area contributed by atoms with Crippen molar-refractivity contribution >= 4 is 23.2 Å². The standard InChI is InChI=1S/C17H18N2O2/c1-12-8-10-14(11-9-12)17(21)18-15-6-4-5-7-16(15)19(3)13(2)20/h4-11H,1-3H3,(H,18,21). The number of aryl methyl sites for hydroxylation is 1. The first-order valence-corrected chi connectivity index (χ1v) is 6.70. The first-order chi connectivity index (χ1) is 9.99. The molecule has 0 fully saturated rings. The van der Waals surface area contributed by atoms with Gasteiger partial charge in [-0.3, -0.25) is 9.59 Å². The van der Waals surface area contributed by atoms with Crippen LogP contribution in [0, 0.1) is 6.92 Å². The van der Waals surface area contributed by atoms with Crippen molar-refractivity contribution in [1.82, 2.24) is 0 Å². The van der Waals surface area contributed by atoms with Gasteiger partial charge in [-0.05, 0) is 31.2 Å². The van der Waals surface area contributed by atoms with Crippen molar-refractivity contribution in [3.63, 3.8) is 0 Å². The second-order valence-electron chi connectivity index (χ2n) is 4.92. The van der Waals surface area contributed by atoms with Crippen LogP contribution in [-0.2, 0) is 4.79 Å².